The number of nitrogens with zero attached hydrogens (tertiary/aromatic N) is 1. The molecule has 1 amide bonds. The van der Waals surface area contributed by atoms with E-state index in [-0.39, 0.29) is 17.6 Å². The largest absolute Gasteiger partial charge is 0.312 e. The van der Waals surface area contributed by atoms with Crippen LogP contribution in [0.25, 0.3) is 0 Å². The number of hydrogen-bond donors (Lipinski definition) is 1. The van der Waals surface area contributed by atoms with Gasteiger partial charge in [-0.1, -0.05) is 19.9 Å². The number of aryl methyl sites for hydroxylation is 1. The van der Waals surface area contributed by atoms with E-state index >= 15 is 0 Å². The molecule has 2 rings (SSSR count). The first-order chi connectivity index (χ1) is 10.3. The van der Waals surface area contributed by atoms with E-state index in [1.165, 1.54) is 6.08 Å². The van der Waals surface area contributed by atoms with Crippen molar-refractivity contribution in [1.29, 1.82) is 0 Å². The van der Waals surface area contributed by atoms with Crippen LogP contribution in [-0.4, -0.2) is 26.6 Å². The Labute approximate surface area is 132 Å². The van der Waals surface area contributed by atoms with Crippen LogP contribution in [-0.2, 0) is 21.2 Å². The van der Waals surface area contributed by atoms with E-state index in [0.717, 1.165) is 24.1 Å². The van der Waals surface area contributed by atoms with E-state index in [4.69, 9.17) is 0 Å². The smallest absolute Gasteiger partial charge is 0.236 e. The van der Waals surface area contributed by atoms with Crippen LogP contribution in [0.5, 0.6) is 0 Å². The van der Waals surface area contributed by atoms with Gasteiger partial charge in [-0.05, 0) is 36.6 Å². The van der Waals surface area contributed by atoms with Crippen LogP contribution in [0, 0.1) is 5.92 Å². The van der Waals surface area contributed by atoms with Gasteiger partial charge in [0, 0.05) is 23.8 Å². The van der Waals surface area contributed by atoms with Crippen LogP contribution < -0.4 is 9.62 Å². The minimum Gasteiger partial charge on any atom is -0.312 e. The normalized spacial score (nSPS) is 14.6. The number of hydrogen-bond acceptors (Lipinski definition) is 3. The highest BCUT2D eigenvalue weighted by atomic mass is 32.2. The van der Waals surface area contributed by atoms with E-state index in [9.17, 15) is 13.2 Å². The number of nitrogens with one attached hydrogen (secondary N) is 1. The van der Waals surface area contributed by atoms with Gasteiger partial charge >= 0.3 is 0 Å². The molecule has 0 bridgehead atoms. The number of anilines is 2. The lowest BCUT2D eigenvalue weighted by Crippen LogP contribution is -2.38. The molecule has 1 heterocycles. The molecule has 1 aromatic carbocycles. The number of rotatable bonds is 5. The molecule has 0 aromatic heterocycles. The lowest BCUT2D eigenvalue weighted by Gasteiger charge is -2.31. The Morgan fingerprint density at radius 2 is 2.18 bits per heavy atom. The van der Waals surface area contributed by atoms with Crippen LogP contribution in [0.2, 0.25) is 0 Å². The fourth-order valence-corrected chi connectivity index (χ4v) is 3.46. The Kier molecular flexibility index (Phi) is 4.90. The van der Waals surface area contributed by atoms with Crippen LogP contribution >= 0.6 is 0 Å². The SMILES string of the molecule is C=CCS(=O)(=O)Nc1ccc2c(c1)CCCN2C(=O)C(C)C. The third-order valence-electron chi connectivity index (χ3n) is 3.57. The summed E-state index contributed by atoms with van der Waals surface area (Å²) in [6.07, 6.45) is 3.08. The maximum absolute atomic E-state index is 12.3. The first-order valence-corrected chi connectivity index (χ1v) is 9.05. The Morgan fingerprint density at radius 3 is 2.82 bits per heavy atom. The van der Waals surface area contributed by atoms with Crippen molar-refractivity contribution in [1.82, 2.24) is 0 Å². The summed E-state index contributed by atoms with van der Waals surface area (Å²) in [6, 6.07) is 5.33. The number of amides is 1. The molecule has 0 saturated heterocycles. The summed E-state index contributed by atoms with van der Waals surface area (Å²) in [5, 5.41) is 0. The van der Waals surface area contributed by atoms with Gasteiger partial charge in [-0.2, -0.15) is 0 Å². The summed E-state index contributed by atoms with van der Waals surface area (Å²) in [7, 11) is -3.40. The van der Waals surface area contributed by atoms with Gasteiger partial charge in [0.2, 0.25) is 15.9 Å². The number of benzene rings is 1. The van der Waals surface area contributed by atoms with E-state index in [1.54, 1.807) is 11.0 Å². The molecule has 0 spiro atoms. The molecule has 120 valence electrons. The standard InChI is InChI=1S/C16H22N2O3S/c1-4-10-22(20,21)17-14-7-8-15-13(11-14)6-5-9-18(15)16(19)12(2)3/h4,7-8,11-12,17H,1,5-6,9-10H2,2-3H3. The molecule has 5 nitrogen and oxygen atoms in total. The van der Waals surface area contributed by atoms with E-state index in [0.29, 0.717) is 12.2 Å². The van der Waals surface area contributed by atoms with E-state index in [1.807, 2.05) is 26.0 Å². The zero-order valence-electron chi connectivity index (χ0n) is 13.0. The summed E-state index contributed by atoms with van der Waals surface area (Å²) >= 11 is 0. The lowest BCUT2D eigenvalue weighted by atomic mass is 9.99. The summed E-state index contributed by atoms with van der Waals surface area (Å²) < 4.78 is 26.1. The van der Waals surface area contributed by atoms with E-state index in [2.05, 4.69) is 11.3 Å². The average molecular weight is 322 g/mol. The first kappa shape index (κ1) is 16.5. The van der Waals surface area contributed by atoms with Crippen molar-refractivity contribution in [2.75, 3.05) is 21.9 Å². The number of carbonyl (C=O) groups is 1. The molecule has 1 aliphatic heterocycles. The molecule has 6 heteroatoms. The Balaban J connectivity index is 2.28. The van der Waals surface area contributed by atoms with Crippen molar-refractivity contribution in [2.24, 2.45) is 5.92 Å². The molecular formula is C16H22N2O3S. The fourth-order valence-electron chi connectivity index (χ4n) is 2.58. The highest BCUT2D eigenvalue weighted by molar-refractivity contribution is 7.92. The molecule has 0 radical (unpaired) electrons. The van der Waals surface area contributed by atoms with Crippen LogP contribution in [0.1, 0.15) is 25.8 Å². The van der Waals surface area contributed by atoms with Gasteiger partial charge in [-0.25, -0.2) is 8.42 Å². The average Bonchev–Trinajstić information content (AvgIpc) is 2.44. The molecule has 0 unspecified atom stereocenters. The van der Waals surface area contributed by atoms with Gasteiger partial charge in [-0.3, -0.25) is 9.52 Å². The first-order valence-electron chi connectivity index (χ1n) is 7.40. The second kappa shape index (κ2) is 6.52. The van der Waals surface area contributed by atoms with Gasteiger partial charge in [0.25, 0.3) is 0 Å². The maximum atomic E-state index is 12.3. The molecular weight excluding hydrogens is 300 g/mol. The minimum atomic E-state index is -3.40. The van der Waals surface area contributed by atoms with Crippen LogP contribution in [0.15, 0.2) is 30.9 Å². The van der Waals surface area contributed by atoms with Gasteiger partial charge < -0.3 is 4.90 Å². The summed E-state index contributed by atoms with van der Waals surface area (Å²) in [4.78, 5) is 14.1. The molecule has 0 atom stereocenters. The van der Waals surface area contributed by atoms with Gasteiger partial charge in [0.15, 0.2) is 0 Å². The molecule has 0 fully saturated rings. The molecule has 1 aliphatic rings. The third kappa shape index (κ3) is 3.68. The van der Waals surface area contributed by atoms with Crippen molar-refractivity contribution in [3.63, 3.8) is 0 Å². The van der Waals surface area contributed by atoms with Crippen molar-refractivity contribution in [3.8, 4) is 0 Å². The zero-order chi connectivity index (χ0) is 16.3. The quantitative estimate of drug-likeness (QED) is 0.847. The second-order valence-corrected chi connectivity index (χ2v) is 7.53. The minimum absolute atomic E-state index is 0.0586. The molecule has 1 N–H and O–H groups in total. The predicted molar refractivity (Wildman–Crippen MR) is 89.6 cm³/mol. The van der Waals surface area contributed by atoms with E-state index < -0.39 is 10.0 Å². The second-order valence-electron chi connectivity index (χ2n) is 5.76. The van der Waals surface area contributed by atoms with Crippen LogP contribution in [0.4, 0.5) is 11.4 Å². The number of sulfonamides is 1. The molecule has 22 heavy (non-hydrogen) atoms. The van der Waals surface area contributed by atoms with Crippen molar-refractivity contribution in [2.45, 2.75) is 26.7 Å². The molecule has 1 aromatic rings. The highest BCUT2D eigenvalue weighted by Crippen LogP contribution is 2.31. The van der Waals surface area contributed by atoms with Gasteiger partial charge in [0.05, 0.1) is 5.75 Å². The highest BCUT2D eigenvalue weighted by Gasteiger charge is 2.24. The fraction of sp³-hybridized carbons (Fsp3) is 0.438. The maximum Gasteiger partial charge on any atom is 0.236 e. The molecule has 0 saturated carbocycles. The zero-order valence-corrected chi connectivity index (χ0v) is 13.8. The summed E-state index contributed by atoms with van der Waals surface area (Å²) in [6.45, 7) is 7.92. The summed E-state index contributed by atoms with van der Waals surface area (Å²) in [5.74, 6) is -0.0835. The van der Waals surface area contributed by atoms with Crippen molar-refractivity contribution < 1.29 is 13.2 Å². The van der Waals surface area contributed by atoms with Crippen molar-refractivity contribution in [3.05, 3.63) is 36.4 Å². The Morgan fingerprint density at radius 1 is 1.45 bits per heavy atom. The lowest BCUT2D eigenvalue weighted by molar-refractivity contribution is -0.121. The Bertz CT molecular complexity index is 681. The van der Waals surface area contributed by atoms with Gasteiger partial charge in [0.1, 0.15) is 0 Å². The van der Waals surface area contributed by atoms with Gasteiger partial charge in [-0.15, -0.1) is 6.58 Å². The Hall–Kier alpha value is -1.82. The summed E-state index contributed by atoms with van der Waals surface area (Å²) in [5.41, 5.74) is 2.41. The monoisotopic (exact) mass is 322 g/mol. The number of carbonyl (C=O) groups excluding carboxylic acids is 1. The van der Waals surface area contributed by atoms with Crippen molar-refractivity contribution >= 4 is 27.3 Å². The topological polar surface area (TPSA) is 66.5 Å². The number of fused-ring (bicyclic) bond motifs is 1. The predicted octanol–water partition coefficient (Wildman–Crippen LogP) is 2.55. The third-order valence-corrected chi connectivity index (χ3v) is 4.79. The molecule has 0 aliphatic carbocycles. The van der Waals surface area contributed by atoms with Crippen LogP contribution in [0.3, 0.4) is 0 Å².